The van der Waals surface area contributed by atoms with E-state index in [-0.39, 0.29) is 0 Å². The molecule has 0 radical (unpaired) electrons. The summed E-state index contributed by atoms with van der Waals surface area (Å²) in [5.41, 5.74) is 0. The van der Waals surface area contributed by atoms with Gasteiger partial charge >= 0.3 is 0 Å². The number of hydrogen-bond donors (Lipinski definition) is 2. The van der Waals surface area contributed by atoms with Crippen LogP contribution >= 0.6 is 12.2 Å². The largest absolute Gasteiger partial charge is 0.362 e. The highest BCUT2D eigenvalue weighted by atomic mass is 32.1. The van der Waals surface area contributed by atoms with Crippen LogP contribution in [0.1, 0.15) is 13.8 Å². The Balaban J connectivity index is 2.35. The average molecular weight is 210 g/mol. The first kappa shape index (κ1) is 10.8. The van der Waals surface area contributed by atoms with Gasteiger partial charge in [-0.15, -0.1) is 0 Å². The molecule has 0 aliphatic heterocycles. The lowest BCUT2D eigenvalue weighted by atomic mass is 10.2. The number of anilines is 1. The predicted octanol–water partition coefficient (Wildman–Crippen LogP) is 1.42. The third kappa shape index (κ3) is 4.13. The summed E-state index contributed by atoms with van der Waals surface area (Å²) in [5, 5.41) is 6.53. The molecule has 0 aliphatic rings. The van der Waals surface area contributed by atoms with Gasteiger partial charge in [-0.1, -0.05) is 13.8 Å². The Morgan fingerprint density at radius 3 is 2.64 bits per heavy atom. The Morgan fingerprint density at radius 2 is 2.07 bits per heavy atom. The van der Waals surface area contributed by atoms with Crippen molar-refractivity contribution < 1.29 is 0 Å². The van der Waals surface area contributed by atoms with Crippen LogP contribution in [-0.4, -0.2) is 21.6 Å². The van der Waals surface area contributed by atoms with Crippen molar-refractivity contribution in [3.05, 3.63) is 18.5 Å². The molecule has 2 N–H and O–H groups in total. The van der Waals surface area contributed by atoms with E-state index in [9.17, 15) is 0 Å². The van der Waals surface area contributed by atoms with Crippen molar-refractivity contribution in [2.75, 3.05) is 11.9 Å². The first-order chi connectivity index (χ1) is 6.68. The summed E-state index contributed by atoms with van der Waals surface area (Å²) in [7, 11) is 0. The van der Waals surface area contributed by atoms with E-state index in [1.54, 1.807) is 18.5 Å². The van der Waals surface area contributed by atoms with Gasteiger partial charge in [0.2, 0.25) is 5.95 Å². The van der Waals surface area contributed by atoms with E-state index in [4.69, 9.17) is 12.2 Å². The molecule has 0 unspecified atom stereocenters. The molecule has 0 saturated carbocycles. The Hall–Kier alpha value is -1.23. The van der Waals surface area contributed by atoms with Gasteiger partial charge in [0.1, 0.15) is 0 Å². The topological polar surface area (TPSA) is 49.8 Å². The fourth-order valence-electron chi connectivity index (χ4n) is 0.806. The lowest BCUT2D eigenvalue weighted by Gasteiger charge is -2.10. The highest BCUT2D eigenvalue weighted by Gasteiger charge is 1.99. The summed E-state index contributed by atoms with van der Waals surface area (Å²) in [6.45, 7) is 5.09. The fraction of sp³-hybridized carbons (Fsp3) is 0.444. The number of thiocarbonyl (C=S) groups is 1. The molecule has 5 heteroatoms. The van der Waals surface area contributed by atoms with E-state index in [0.717, 1.165) is 6.54 Å². The van der Waals surface area contributed by atoms with E-state index in [1.807, 2.05) is 0 Å². The fourth-order valence-corrected chi connectivity index (χ4v) is 0.981. The minimum atomic E-state index is 0.522. The first-order valence-electron chi connectivity index (χ1n) is 4.50. The van der Waals surface area contributed by atoms with Crippen LogP contribution in [0.4, 0.5) is 5.95 Å². The molecule has 0 saturated heterocycles. The Labute approximate surface area is 89.2 Å². The highest BCUT2D eigenvalue weighted by molar-refractivity contribution is 7.80. The van der Waals surface area contributed by atoms with Crippen molar-refractivity contribution in [1.29, 1.82) is 0 Å². The summed E-state index contributed by atoms with van der Waals surface area (Å²) >= 11 is 5.05. The molecule has 1 aromatic heterocycles. The normalized spacial score (nSPS) is 9.93. The number of nitrogens with zero attached hydrogens (tertiary/aromatic N) is 2. The van der Waals surface area contributed by atoms with E-state index >= 15 is 0 Å². The third-order valence-electron chi connectivity index (χ3n) is 1.46. The molecule has 0 atom stereocenters. The molecule has 0 aromatic carbocycles. The molecule has 14 heavy (non-hydrogen) atoms. The zero-order valence-electron chi connectivity index (χ0n) is 8.32. The van der Waals surface area contributed by atoms with Crippen LogP contribution in [0.5, 0.6) is 0 Å². The summed E-state index contributed by atoms with van der Waals surface area (Å²) in [5.74, 6) is 1.08. The van der Waals surface area contributed by atoms with Gasteiger partial charge in [0.15, 0.2) is 5.11 Å². The maximum atomic E-state index is 5.05. The smallest absolute Gasteiger partial charge is 0.228 e. The molecule has 1 heterocycles. The SMILES string of the molecule is CC(C)CNC(=S)Nc1ncccn1. The molecule has 0 amide bonds. The van der Waals surface area contributed by atoms with Gasteiger partial charge in [-0.05, 0) is 24.2 Å². The minimum absolute atomic E-state index is 0.522. The van der Waals surface area contributed by atoms with Gasteiger partial charge in [-0.3, -0.25) is 0 Å². The average Bonchev–Trinajstić information content (AvgIpc) is 2.16. The maximum absolute atomic E-state index is 5.05. The minimum Gasteiger partial charge on any atom is -0.362 e. The monoisotopic (exact) mass is 210 g/mol. The lowest BCUT2D eigenvalue weighted by molar-refractivity contribution is 0.627. The number of hydrogen-bond acceptors (Lipinski definition) is 3. The lowest BCUT2D eigenvalue weighted by Crippen LogP contribution is -2.31. The quantitative estimate of drug-likeness (QED) is 0.739. The molecular formula is C9H14N4S. The first-order valence-corrected chi connectivity index (χ1v) is 4.91. The molecule has 0 fully saturated rings. The van der Waals surface area contributed by atoms with Gasteiger partial charge in [0, 0.05) is 18.9 Å². The van der Waals surface area contributed by atoms with Crippen molar-refractivity contribution in [3.8, 4) is 0 Å². The molecule has 1 aromatic rings. The van der Waals surface area contributed by atoms with Gasteiger partial charge in [-0.25, -0.2) is 9.97 Å². The molecule has 0 aliphatic carbocycles. The Kier molecular flexibility index (Phi) is 4.25. The summed E-state index contributed by atoms with van der Waals surface area (Å²) in [6, 6.07) is 1.76. The molecule has 76 valence electrons. The van der Waals surface area contributed by atoms with Gasteiger partial charge < -0.3 is 10.6 Å². The van der Waals surface area contributed by atoms with Crippen LogP contribution in [0.2, 0.25) is 0 Å². The second-order valence-corrected chi connectivity index (χ2v) is 3.71. The van der Waals surface area contributed by atoms with E-state index in [0.29, 0.717) is 17.0 Å². The number of rotatable bonds is 3. The van der Waals surface area contributed by atoms with Crippen molar-refractivity contribution in [3.63, 3.8) is 0 Å². The van der Waals surface area contributed by atoms with E-state index < -0.39 is 0 Å². The van der Waals surface area contributed by atoms with Gasteiger partial charge in [-0.2, -0.15) is 0 Å². The molecule has 0 spiro atoms. The van der Waals surface area contributed by atoms with Crippen LogP contribution < -0.4 is 10.6 Å². The van der Waals surface area contributed by atoms with Gasteiger partial charge in [0.25, 0.3) is 0 Å². The maximum Gasteiger partial charge on any atom is 0.228 e. The van der Waals surface area contributed by atoms with E-state index in [1.165, 1.54) is 0 Å². The highest BCUT2D eigenvalue weighted by Crippen LogP contribution is 1.94. The third-order valence-corrected chi connectivity index (χ3v) is 1.71. The van der Waals surface area contributed by atoms with Crippen molar-refractivity contribution >= 4 is 23.3 Å². The number of nitrogens with one attached hydrogen (secondary N) is 2. The molecule has 0 bridgehead atoms. The molecule has 1 rings (SSSR count). The standard InChI is InChI=1S/C9H14N4S/c1-7(2)6-12-9(14)13-8-10-4-3-5-11-8/h3-5,7H,6H2,1-2H3,(H2,10,11,12,13,14). The second-order valence-electron chi connectivity index (χ2n) is 3.30. The van der Waals surface area contributed by atoms with Crippen molar-refractivity contribution in [2.45, 2.75) is 13.8 Å². The van der Waals surface area contributed by atoms with Crippen molar-refractivity contribution in [1.82, 2.24) is 15.3 Å². The van der Waals surface area contributed by atoms with E-state index in [2.05, 4.69) is 34.4 Å². The van der Waals surface area contributed by atoms with Crippen LogP contribution in [0.25, 0.3) is 0 Å². The molecular weight excluding hydrogens is 196 g/mol. The summed E-state index contributed by atoms with van der Waals surface area (Å²) in [6.07, 6.45) is 3.33. The van der Waals surface area contributed by atoms with Crippen LogP contribution in [-0.2, 0) is 0 Å². The zero-order valence-corrected chi connectivity index (χ0v) is 9.14. The predicted molar refractivity (Wildman–Crippen MR) is 61.1 cm³/mol. The summed E-state index contributed by atoms with van der Waals surface area (Å²) in [4.78, 5) is 7.99. The van der Waals surface area contributed by atoms with Crippen molar-refractivity contribution in [2.24, 2.45) is 5.92 Å². The molecule has 4 nitrogen and oxygen atoms in total. The Morgan fingerprint density at radius 1 is 1.43 bits per heavy atom. The van der Waals surface area contributed by atoms with Crippen LogP contribution in [0, 0.1) is 5.92 Å². The zero-order chi connectivity index (χ0) is 10.4. The Bertz CT molecular complexity index is 286. The van der Waals surface area contributed by atoms with Crippen LogP contribution in [0.3, 0.4) is 0 Å². The summed E-state index contributed by atoms with van der Waals surface area (Å²) < 4.78 is 0. The second kappa shape index (κ2) is 5.49. The van der Waals surface area contributed by atoms with Gasteiger partial charge in [0.05, 0.1) is 0 Å². The number of aromatic nitrogens is 2. The van der Waals surface area contributed by atoms with Crippen LogP contribution in [0.15, 0.2) is 18.5 Å².